The first-order chi connectivity index (χ1) is 9.15. The molecule has 2 rings (SSSR count). The van der Waals surface area contributed by atoms with Crippen LogP contribution in [0.25, 0.3) is 0 Å². The Bertz CT molecular complexity index is 418. The fourth-order valence-electron chi connectivity index (χ4n) is 1.88. The van der Waals surface area contributed by atoms with Crippen molar-refractivity contribution in [3.63, 3.8) is 0 Å². The molecule has 0 aliphatic carbocycles. The van der Waals surface area contributed by atoms with Gasteiger partial charge in [0.25, 0.3) is 0 Å². The minimum atomic E-state index is -0.326. The van der Waals surface area contributed by atoms with Gasteiger partial charge in [-0.15, -0.1) is 0 Å². The highest BCUT2D eigenvalue weighted by Gasteiger charge is 2.18. The molecule has 0 saturated carbocycles. The van der Waals surface area contributed by atoms with Gasteiger partial charge in [-0.3, -0.25) is 0 Å². The Hall–Kier alpha value is -1.66. The summed E-state index contributed by atoms with van der Waals surface area (Å²) < 4.78 is 18.3. The molecule has 0 spiro atoms. The Labute approximate surface area is 111 Å². The molecule has 1 aliphatic heterocycles. The van der Waals surface area contributed by atoms with E-state index in [9.17, 15) is 9.18 Å². The van der Waals surface area contributed by atoms with E-state index in [1.54, 1.807) is 11.9 Å². The lowest BCUT2D eigenvalue weighted by Gasteiger charge is -2.28. The highest BCUT2D eigenvalue weighted by Crippen LogP contribution is 2.09. The SMILES string of the molecule is CN(CC1CNCCO1)C(=O)Nc1ccc(F)cc1. The van der Waals surface area contributed by atoms with Crippen molar-refractivity contribution in [2.24, 2.45) is 0 Å². The molecule has 6 heteroatoms. The lowest BCUT2D eigenvalue weighted by molar-refractivity contribution is 0.0164. The highest BCUT2D eigenvalue weighted by atomic mass is 19.1. The first-order valence-corrected chi connectivity index (χ1v) is 6.25. The van der Waals surface area contributed by atoms with Crippen molar-refractivity contribution in [2.45, 2.75) is 6.10 Å². The van der Waals surface area contributed by atoms with Crippen molar-refractivity contribution in [3.05, 3.63) is 30.1 Å². The largest absolute Gasteiger partial charge is 0.374 e. The summed E-state index contributed by atoms with van der Waals surface area (Å²) in [5.41, 5.74) is 0.570. The quantitative estimate of drug-likeness (QED) is 0.867. The summed E-state index contributed by atoms with van der Waals surface area (Å²) in [6.07, 6.45) is 0.0118. The fraction of sp³-hybridized carbons (Fsp3) is 0.462. The van der Waals surface area contributed by atoms with Crippen molar-refractivity contribution < 1.29 is 13.9 Å². The summed E-state index contributed by atoms with van der Waals surface area (Å²) in [6.45, 7) is 2.77. The minimum absolute atomic E-state index is 0.0118. The number of hydrogen-bond donors (Lipinski definition) is 2. The molecule has 1 atom stereocenters. The molecule has 1 aromatic rings. The second kappa shape index (κ2) is 6.49. The molecule has 0 radical (unpaired) electrons. The van der Waals surface area contributed by atoms with Crippen LogP contribution in [0.2, 0.25) is 0 Å². The zero-order valence-corrected chi connectivity index (χ0v) is 10.9. The van der Waals surface area contributed by atoms with E-state index < -0.39 is 0 Å². The van der Waals surface area contributed by atoms with Crippen molar-refractivity contribution >= 4 is 11.7 Å². The van der Waals surface area contributed by atoms with E-state index in [0.717, 1.165) is 13.1 Å². The molecule has 1 aliphatic rings. The van der Waals surface area contributed by atoms with Gasteiger partial charge in [-0.25, -0.2) is 9.18 Å². The van der Waals surface area contributed by atoms with Gasteiger partial charge in [0, 0.05) is 32.4 Å². The number of nitrogens with zero attached hydrogens (tertiary/aromatic N) is 1. The number of halogens is 1. The standard InChI is InChI=1S/C13H18FN3O2/c1-17(9-12-8-15-6-7-19-12)13(18)16-11-4-2-10(14)3-5-11/h2-5,12,15H,6-9H2,1H3,(H,16,18). The van der Waals surface area contributed by atoms with Gasteiger partial charge in [0.1, 0.15) is 5.82 Å². The van der Waals surface area contributed by atoms with Crippen molar-refractivity contribution in [3.8, 4) is 0 Å². The van der Waals surface area contributed by atoms with Gasteiger partial charge in [0.15, 0.2) is 0 Å². The maximum absolute atomic E-state index is 12.7. The molecule has 1 unspecified atom stereocenters. The van der Waals surface area contributed by atoms with E-state index >= 15 is 0 Å². The summed E-state index contributed by atoms with van der Waals surface area (Å²) in [7, 11) is 1.71. The van der Waals surface area contributed by atoms with E-state index in [0.29, 0.717) is 18.8 Å². The maximum Gasteiger partial charge on any atom is 0.321 e. The molecule has 0 aromatic heterocycles. The Balaban J connectivity index is 1.83. The van der Waals surface area contributed by atoms with Crippen LogP contribution >= 0.6 is 0 Å². The molecule has 104 valence electrons. The molecule has 1 aromatic carbocycles. The Morgan fingerprint density at radius 1 is 1.53 bits per heavy atom. The molecule has 2 N–H and O–H groups in total. The monoisotopic (exact) mass is 267 g/mol. The number of nitrogens with one attached hydrogen (secondary N) is 2. The van der Waals surface area contributed by atoms with Crippen LogP contribution in [0.15, 0.2) is 24.3 Å². The zero-order valence-electron chi connectivity index (χ0n) is 10.9. The van der Waals surface area contributed by atoms with Crippen LogP contribution in [0.5, 0.6) is 0 Å². The Kier molecular flexibility index (Phi) is 4.70. The van der Waals surface area contributed by atoms with Gasteiger partial charge in [0.2, 0.25) is 0 Å². The van der Waals surface area contributed by atoms with Crippen LogP contribution in [0.1, 0.15) is 0 Å². The number of ether oxygens (including phenoxy) is 1. The summed E-state index contributed by atoms with van der Waals surface area (Å²) in [4.78, 5) is 13.5. The van der Waals surface area contributed by atoms with Gasteiger partial charge in [-0.05, 0) is 24.3 Å². The third kappa shape index (κ3) is 4.18. The van der Waals surface area contributed by atoms with E-state index in [-0.39, 0.29) is 18.0 Å². The van der Waals surface area contributed by atoms with E-state index in [4.69, 9.17) is 4.74 Å². The van der Waals surface area contributed by atoms with Gasteiger partial charge < -0.3 is 20.3 Å². The Morgan fingerprint density at radius 2 is 2.26 bits per heavy atom. The lowest BCUT2D eigenvalue weighted by Crippen LogP contribution is -2.46. The average Bonchev–Trinajstić information content (AvgIpc) is 2.42. The zero-order chi connectivity index (χ0) is 13.7. The number of anilines is 1. The first-order valence-electron chi connectivity index (χ1n) is 6.25. The van der Waals surface area contributed by atoms with Gasteiger partial charge in [0.05, 0.1) is 12.7 Å². The van der Waals surface area contributed by atoms with E-state index in [1.165, 1.54) is 24.3 Å². The molecule has 2 amide bonds. The third-order valence-corrected chi connectivity index (χ3v) is 2.92. The predicted octanol–water partition coefficient (Wildman–Crippen LogP) is 1.28. The first kappa shape index (κ1) is 13.8. The normalized spacial score (nSPS) is 18.9. The van der Waals surface area contributed by atoms with Crippen molar-refractivity contribution in [2.75, 3.05) is 38.6 Å². The molecule has 0 bridgehead atoms. The van der Waals surface area contributed by atoms with Crippen LogP contribution in [-0.4, -0.2) is 50.3 Å². The number of likely N-dealkylation sites (N-methyl/N-ethyl adjacent to an activating group) is 1. The van der Waals surface area contributed by atoms with E-state index in [2.05, 4.69) is 10.6 Å². The van der Waals surface area contributed by atoms with Crippen LogP contribution in [-0.2, 0) is 4.74 Å². The van der Waals surface area contributed by atoms with Crippen LogP contribution in [0.4, 0.5) is 14.9 Å². The van der Waals surface area contributed by atoms with Crippen LogP contribution in [0.3, 0.4) is 0 Å². The number of carbonyl (C=O) groups is 1. The number of hydrogen-bond acceptors (Lipinski definition) is 3. The van der Waals surface area contributed by atoms with Gasteiger partial charge in [-0.2, -0.15) is 0 Å². The number of amides is 2. The van der Waals surface area contributed by atoms with Crippen molar-refractivity contribution in [1.82, 2.24) is 10.2 Å². The predicted molar refractivity (Wildman–Crippen MR) is 70.7 cm³/mol. The maximum atomic E-state index is 12.7. The number of rotatable bonds is 3. The second-order valence-electron chi connectivity index (χ2n) is 4.51. The number of morpholine rings is 1. The summed E-state index contributed by atoms with van der Waals surface area (Å²) >= 11 is 0. The Morgan fingerprint density at radius 3 is 2.89 bits per heavy atom. The molecular formula is C13H18FN3O2. The van der Waals surface area contributed by atoms with Gasteiger partial charge >= 0.3 is 6.03 Å². The van der Waals surface area contributed by atoms with Crippen LogP contribution in [0, 0.1) is 5.82 Å². The summed E-state index contributed by atoms with van der Waals surface area (Å²) in [5.74, 6) is -0.326. The summed E-state index contributed by atoms with van der Waals surface area (Å²) in [6, 6.07) is 5.44. The summed E-state index contributed by atoms with van der Waals surface area (Å²) in [5, 5.41) is 5.91. The molecule has 1 fully saturated rings. The van der Waals surface area contributed by atoms with E-state index in [1.807, 2.05) is 0 Å². The molecule has 1 saturated heterocycles. The van der Waals surface area contributed by atoms with Crippen molar-refractivity contribution in [1.29, 1.82) is 0 Å². The number of urea groups is 1. The molecule has 19 heavy (non-hydrogen) atoms. The topological polar surface area (TPSA) is 53.6 Å². The fourth-order valence-corrected chi connectivity index (χ4v) is 1.88. The molecular weight excluding hydrogens is 249 g/mol. The minimum Gasteiger partial charge on any atom is -0.374 e. The number of carbonyl (C=O) groups excluding carboxylic acids is 1. The smallest absolute Gasteiger partial charge is 0.321 e. The highest BCUT2D eigenvalue weighted by molar-refractivity contribution is 5.89. The number of benzene rings is 1. The van der Waals surface area contributed by atoms with Gasteiger partial charge in [-0.1, -0.05) is 0 Å². The lowest BCUT2D eigenvalue weighted by atomic mass is 10.3. The third-order valence-electron chi connectivity index (χ3n) is 2.92. The second-order valence-corrected chi connectivity index (χ2v) is 4.51. The van der Waals surface area contributed by atoms with Crippen LogP contribution < -0.4 is 10.6 Å². The molecule has 5 nitrogen and oxygen atoms in total. The molecule has 1 heterocycles. The average molecular weight is 267 g/mol.